The van der Waals surface area contributed by atoms with Crippen molar-refractivity contribution < 1.29 is 9.53 Å². The maximum Gasteiger partial charge on any atom is 0.241 e. The van der Waals surface area contributed by atoms with Gasteiger partial charge in [-0.05, 0) is 44.6 Å². The van der Waals surface area contributed by atoms with Crippen LogP contribution in [-0.4, -0.2) is 37.0 Å². The summed E-state index contributed by atoms with van der Waals surface area (Å²) in [5, 5.41) is 2.89. The molecule has 0 aliphatic heterocycles. The molecule has 0 bridgehead atoms. The molecule has 1 amide bonds. The number of hydrogen-bond donors (Lipinski definition) is 2. The number of nitrogens with one attached hydrogen (secondary N) is 1. The van der Waals surface area contributed by atoms with Crippen molar-refractivity contribution in [3.8, 4) is 5.75 Å². The van der Waals surface area contributed by atoms with Gasteiger partial charge in [0.1, 0.15) is 5.75 Å². The van der Waals surface area contributed by atoms with Gasteiger partial charge in [0.2, 0.25) is 5.91 Å². The highest BCUT2D eigenvalue weighted by Crippen LogP contribution is 2.26. The predicted octanol–water partition coefficient (Wildman–Crippen LogP) is 2.34. The highest BCUT2D eigenvalue weighted by molar-refractivity contribution is 5.96. The minimum Gasteiger partial charge on any atom is -0.495 e. The third-order valence-corrected chi connectivity index (χ3v) is 3.33. The summed E-state index contributed by atoms with van der Waals surface area (Å²) in [5.41, 5.74) is 6.95. The first-order valence-corrected chi connectivity index (χ1v) is 7.01. The number of anilines is 2. The number of rotatable bonds is 7. The summed E-state index contributed by atoms with van der Waals surface area (Å²) in [7, 11) is 1.57. The predicted molar refractivity (Wildman–Crippen MR) is 83.0 cm³/mol. The number of hydrogen-bond acceptors (Lipinski definition) is 4. The molecule has 0 spiro atoms. The molecule has 1 aromatic rings. The molecule has 1 rings (SSSR count). The van der Waals surface area contributed by atoms with Crippen LogP contribution in [0.25, 0.3) is 0 Å². The molecule has 0 saturated heterocycles. The second-order valence-corrected chi connectivity index (χ2v) is 4.75. The fourth-order valence-corrected chi connectivity index (χ4v) is 2.14. The van der Waals surface area contributed by atoms with Gasteiger partial charge in [-0.3, -0.25) is 9.69 Å². The van der Waals surface area contributed by atoms with Crippen LogP contribution >= 0.6 is 0 Å². The average Bonchev–Trinajstić information content (AvgIpc) is 2.44. The zero-order valence-corrected chi connectivity index (χ0v) is 12.8. The summed E-state index contributed by atoms with van der Waals surface area (Å²) < 4.78 is 5.23. The molecule has 3 N–H and O–H groups in total. The van der Waals surface area contributed by atoms with E-state index in [2.05, 4.69) is 24.1 Å². The highest BCUT2D eigenvalue weighted by atomic mass is 16.5. The summed E-state index contributed by atoms with van der Waals surface area (Å²) in [4.78, 5) is 14.5. The molecule has 0 saturated carbocycles. The van der Waals surface area contributed by atoms with Crippen LogP contribution in [0.3, 0.4) is 0 Å². The average molecular weight is 279 g/mol. The van der Waals surface area contributed by atoms with Gasteiger partial charge in [0.25, 0.3) is 0 Å². The number of ether oxygens (including phenoxy) is 1. The molecule has 0 aliphatic rings. The van der Waals surface area contributed by atoms with E-state index in [0.717, 1.165) is 19.5 Å². The Morgan fingerprint density at radius 1 is 1.45 bits per heavy atom. The monoisotopic (exact) mass is 279 g/mol. The molecular formula is C15H25N3O2. The third kappa shape index (κ3) is 4.13. The van der Waals surface area contributed by atoms with Crippen molar-refractivity contribution in [3.63, 3.8) is 0 Å². The molecule has 0 aliphatic carbocycles. The van der Waals surface area contributed by atoms with Crippen molar-refractivity contribution >= 4 is 17.3 Å². The van der Waals surface area contributed by atoms with Gasteiger partial charge in [-0.2, -0.15) is 0 Å². The number of nitrogens with zero attached hydrogens (tertiary/aromatic N) is 1. The quantitative estimate of drug-likeness (QED) is 0.752. The second-order valence-electron chi connectivity index (χ2n) is 4.75. The molecule has 112 valence electrons. The molecule has 0 radical (unpaired) electrons. The van der Waals surface area contributed by atoms with Crippen LogP contribution in [0.2, 0.25) is 0 Å². The molecule has 5 nitrogen and oxygen atoms in total. The maximum absolute atomic E-state index is 12.3. The lowest BCUT2D eigenvalue weighted by Gasteiger charge is -2.26. The van der Waals surface area contributed by atoms with Gasteiger partial charge < -0.3 is 15.8 Å². The standard InChI is InChI=1S/C15H25N3O2/c1-5-9-18(6-2)11(3)15(19)17-13-10-12(16)7-8-14(13)20-4/h7-8,10-11H,5-6,9,16H2,1-4H3,(H,17,19). The van der Waals surface area contributed by atoms with Crippen molar-refractivity contribution in [1.29, 1.82) is 0 Å². The first kappa shape index (κ1) is 16.3. The Labute approximate surface area is 121 Å². The van der Waals surface area contributed by atoms with E-state index in [1.807, 2.05) is 6.92 Å². The number of benzene rings is 1. The Hall–Kier alpha value is -1.75. The van der Waals surface area contributed by atoms with Gasteiger partial charge in [-0.1, -0.05) is 13.8 Å². The van der Waals surface area contributed by atoms with Crippen molar-refractivity contribution in [2.75, 3.05) is 31.2 Å². The Morgan fingerprint density at radius 2 is 2.15 bits per heavy atom. The number of nitrogen functional groups attached to an aromatic ring is 1. The van der Waals surface area contributed by atoms with E-state index in [4.69, 9.17) is 10.5 Å². The zero-order chi connectivity index (χ0) is 15.1. The minimum atomic E-state index is -0.189. The fraction of sp³-hybridized carbons (Fsp3) is 0.533. The normalized spacial score (nSPS) is 12.2. The van der Waals surface area contributed by atoms with Crippen LogP contribution in [0.5, 0.6) is 5.75 Å². The van der Waals surface area contributed by atoms with Gasteiger partial charge in [0.05, 0.1) is 18.8 Å². The molecule has 1 aromatic carbocycles. The Kier molecular flexibility index (Phi) is 6.31. The van der Waals surface area contributed by atoms with E-state index < -0.39 is 0 Å². The summed E-state index contributed by atoms with van der Waals surface area (Å²) >= 11 is 0. The topological polar surface area (TPSA) is 67.6 Å². The van der Waals surface area contributed by atoms with Crippen LogP contribution < -0.4 is 15.8 Å². The number of carbonyl (C=O) groups is 1. The van der Waals surface area contributed by atoms with E-state index in [0.29, 0.717) is 17.1 Å². The third-order valence-electron chi connectivity index (χ3n) is 3.33. The number of likely N-dealkylation sites (N-methyl/N-ethyl adjacent to an activating group) is 1. The second kappa shape index (κ2) is 7.75. The van der Waals surface area contributed by atoms with Gasteiger partial charge in [-0.25, -0.2) is 0 Å². The summed E-state index contributed by atoms with van der Waals surface area (Å²) in [6.45, 7) is 7.82. The summed E-state index contributed by atoms with van der Waals surface area (Å²) in [6, 6.07) is 5.01. The molecule has 5 heteroatoms. The van der Waals surface area contributed by atoms with E-state index in [9.17, 15) is 4.79 Å². The Bertz CT molecular complexity index is 449. The van der Waals surface area contributed by atoms with E-state index >= 15 is 0 Å². The lowest BCUT2D eigenvalue weighted by molar-refractivity contribution is -0.120. The van der Waals surface area contributed by atoms with Crippen LogP contribution in [0, 0.1) is 0 Å². The summed E-state index contributed by atoms with van der Waals surface area (Å²) in [5.74, 6) is 0.558. The summed E-state index contributed by atoms with van der Waals surface area (Å²) in [6.07, 6.45) is 1.02. The van der Waals surface area contributed by atoms with Crippen molar-refractivity contribution in [2.45, 2.75) is 33.2 Å². The van der Waals surface area contributed by atoms with Crippen molar-refractivity contribution in [1.82, 2.24) is 4.90 Å². The fourth-order valence-electron chi connectivity index (χ4n) is 2.14. The lowest BCUT2D eigenvalue weighted by Crippen LogP contribution is -2.42. The smallest absolute Gasteiger partial charge is 0.241 e. The molecule has 20 heavy (non-hydrogen) atoms. The molecule has 1 unspecified atom stereocenters. The maximum atomic E-state index is 12.3. The van der Waals surface area contributed by atoms with Gasteiger partial charge in [-0.15, -0.1) is 0 Å². The molecular weight excluding hydrogens is 254 g/mol. The van der Waals surface area contributed by atoms with Gasteiger partial charge in [0, 0.05) is 5.69 Å². The van der Waals surface area contributed by atoms with Crippen molar-refractivity contribution in [2.24, 2.45) is 0 Å². The molecule has 0 aromatic heterocycles. The van der Waals surface area contributed by atoms with E-state index in [-0.39, 0.29) is 11.9 Å². The highest BCUT2D eigenvalue weighted by Gasteiger charge is 2.20. The largest absolute Gasteiger partial charge is 0.495 e. The van der Waals surface area contributed by atoms with E-state index in [1.165, 1.54) is 0 Å². The number of methoxy groups -OCH3 is 1. The van der Waals surface area contributed by atoms with Crippen molar-refractivity contribution in [3.05, 3.63) is 18.2 Å². The van der Waals surface area contributed by atoms with Gasteiger partial charge in [0.15, 0.2) is 0 Å². The SMILES string of the molecule is CCCN(CC)C(C)C(=O)Nc1cc(N)ccc1OC. The Balaban J connectivity index is 2.81. The number of amides is 1. The molecule has 0 fully saturated rings. The first-order valence-electron chi connectivity index (χ1n) is 7.01. The number of carbonyl (C=O) groups excluding carboxylic acids is 1. The van der Waals surface area contributed by atoms with E-state index in [1.54, 1.807) is 25.3 Å². The zero-order valence-electron chi connectivity index (χ0n) is 12.8. The first-order chi connectivity index (χ1) is 9.53. The van der Waals surface area contributed by atoms with Gasteiger partial charge >= 0.3 is 0 Å². The number of nitrogens with two attached hydrogens (primary N) is 1. The molecule has 1 atom stereocenters. The Morgan fingerprint density at radius 3 is 2.70 bits per heavy atom. The van der Waals surface area contributed by atoms with Crippen LogP contribution in [0.15, 0.2) is 18.2 Å². The lowest BCUT2D eigenvalue weighted by atomic mass is 10.2. The minimum absolute atomic E-state index is 0.0517. The van der Waals surface area contributed by atoms with Crippen LogP contribution in [0.4, 0.5) is 11.4 Å². The van der Waals surface area contributed by atoms with Crippen LogP contribution in [-0.2, 0) is 4.79 Å². The van der Waals surface area contributed by atoms with Crippen LogP contribution in [0.1, 0.15) is 27.2 Å². The molecule has 0 heterocycles.